The van der Waals surface area contributed by atoms with E-state index < -0.39 is 5.60 Å². The lowest BCUT2D eigenvalue weighted by molar-refractivity contribution is 0.146. The Morgan fingerprint density at radius 1 is 1.73 bits per heavy atom. The second-order valence-electron chi connectivity index (χ2n) is 3.04. The first kappa shape index (κ1) is 11.8. The number of thiazole rings is 1. The molecule has 0 amide bonds. The zero-order valence-electron chi connectivity index (χ0n) is 8.37. The molecule has 5 heteroatoms. The van der Waals surface area contributed by atoms with Gasteiger partial charge in [0.05, 0.1) is 0 Å². The smallest absolute Gasteiger partial charge is 0.277 e. The molecule has 0 fully saturated rings. The number of rotatable bonds is 3. The highest BCUT2D eigenvalue weighted by Crippen LogP contribution is 2.30. The van der Waals surface area contributed by atoms with Crippen molar-refractivity contribution in [2.45, 2.75) is 25.9 Å². The summed E-state index contributed by atoms with van der Waals surface area (Å²) in [7, 11) is 0. The number of halogens is 1. The molecule has 1 aromatic rings. The van der Waals surface area contributed by atoms with E-state index in [0.717, 1.165) is 11.3 Å². The van der Waals surface area contributed by atoms with Crippen LogP contribution in [0.2, 0.25) is 5.15 Å². The molecule has 0 saturated heterocycles. The first-order valence-corrected chi connectivity index (χ1v) is 5.47. The lowest BCUT2D eigenvalue weighted by atomic mass is 10.1. The van der Waals surface area contributed by atoms with Crippen LogP contribution in [0.5, 0.6) is 5.19 Å². The standard InChI is InChI=1S/C10H9ClN2OS/c1-4-10(3,5-2)14-9-13-8(11)7(6-12)15-9/h1H,5H2,2-3H3. The van der Waals surface area contributed by atoms with Gasteiger partial charge in [0.1, 0.15) is 10.9 Å². The molecule has 0 bridgehead atoms. The van der Waals surface area contributed by atoms with Gasteiger partial charge in [-0.1, -0.05) is 35.8 Å². The van der Waals surface area contributed by atoms with Crippen molar-refractivity contribution in [3.05, 3.63) is 10.0 Å². The fourth-order valence-corrected chi connectivity index (χ4v) is 1.79. The summed E-state index contributed by atoms with van der Waals surface area (Å²) in [6.45, 7) is 3.70. The van der Waals surface area contributed by atoms with Crippen LogP contribution in [0.1, 0.15) is 25.1 Å². The molecule has 0 spiro atoms. The molecule has 0 radical (unpaired) electrons. The molecule has 1 atom stereocenters. The summed E-state index contributed by atoms with van der Waals surface area (Å²) in [5.41, 5.74) is -0.700. The molecule has 0 aliphatic heterocycles. The zero-order chi connectivity index (χ0) is 11.5. The van der Waals surface area contributed by atoms with Gasteiger partial charge in [-0.25, -0.2) is 0 Å². The van der Waals surface area contributed by atoms with Gasteiger partial charge in [0.2, 0.25) is 0 Å². The van der Waals surface area contributed by atoms with Crippen LogP contribution in [0.15, 0.2) is 0 Å². The summed E-state index contributed by atoms with van der Waals surface area (Å²) in [6.07, 6.45) is 6.00. The van der Waals surface area contributed by atoms with Crippen LogP contribution in [-0.4, -0.2) is 10.6 Å². The van der Waals surface area contributed by atoms with Crippen molar-refractivity contribution >= 4 is 22.9 Å². The van der Waals surface area contributed by atoms with E-state index in [2.05, 4.69) is 10.9 Å². The molecular weight excluding hydrogens is 232 g/mol. The molecular formula is C10H9ClN2OS. The van der Waals surface area contributed by atoms with Gasteiger partial charge in [-0.15, -0.1) is 6.42 Å². The lowest BCUT2D eigenvalue weighted by Gasteiger charge is -2.21. The number of nitriles is 1. The molecule has 0 N–H and O–H groups in total. The van der Waals surface area contributed by atoms with Crippen LogP contribution in [0.4, 0.5) is 0 Å². The molecule has 1 rings (SSSR count). The summed E-state index contributed by atoms with van der Waals surface area (Å²) in [6, 6.07) is 1.93. The minimum atomic E-state index is -0.700. The molecule has 0 aliphatic rings. The van der Waals surface area contributed by atoms with Gasteiger partial charge < -0.3 is 4.74 Å². The maximum absolute atomic E-state index is 8.68. The first-order valence-electron chi connectivity index (χ1n) is 4.28. The maximum atomic E-state index is 8.68. The number of hydrogen-bond acceptors (Lipinski definition) is 4. The van der Waals surface area contributed by atoms with Crippen LogP contribution >= 0.6 is 22.9 Å². The topological polar surface area (TPSA) is 45.9 Å². The van der Waals surface area contributed by atoms with Crippen LogP contribution in [0.3, 0.4) is 0 Å². The Morgan fingerprint density at radius 2 is 2.40 bits per heavy atom. The Balaban J connectivity index is 2.92. The van der Waals surface area contributed by atoms with Crippen molar-refractivity contribution < 1.29 is 4.74 Å². The van der Waals surface area contributed by atoms with Crippen LogP contribution < -0.4 is 4.74 Å². The number of ether oxygens (including phenoxy) is 1. The molecule has 1 heterocycles. The maximum Gasteiger partial charge on any atom is 0.277 e. The number of terminal acetylenes is 1. The first-order chi connectivity index (χ1) is 7.04. The van der Waals surface area contributed by atoms with E-state index in [1.807, 2.05) is 13.0 Å². The summed E-state index contributed by atoms with van der Waals surface area (Å²) in [4.78, 5) is 4.24. The van der Waals surface area contributed by atoms with Gasteiger partial charge in [0, 0.05) is 0 Å². The van der Waals surface area contributed by atoms with E-state index in [1.54, 1.807) is 6.92 Å². The van der Waals surface area contributed by atoms with Crippen molar-refractivity contribution in [2.75, 3.05) is 0 Å². The van der Waals surface area contributed by atoms with Crippen molar-refractivity contribution in [1.82, 2.24) is 4.98 Å². The Kier molecular flexibility index (Phi) is 3.57. The molecule has 0 aliphatic carbocycles. The minimum absolute atomic E-state index is 0.160. The highest BCUT2D eigenvalue weighted by Gasteiger charge is 2.23. The average Bonchev–Trinajstić information content (AvgIpc) is 2.58. The summed E-state index contributed by atoms with van der Waals surface area (Å²) >= 11 is 6.80. The fourth-order valence-electron chi connectivity index (χ4n) is 0.792. The predicted molar refractivity (Wildman–Crippen MR) is 60.0 cm³/mol. The van der Waals surface area contributed by atoms with Crippen LogP contribution in [-0.2, 0) is 0 Å². The van der Waals surface area contributed by atoms with Gasteiger partial charge in [-0.05, 0) is 13.3 Å². The predicted octanol–water partition coefficient (Wildman–Crippen LogP) is 2.85. The van der Waals surface area contributed by atoms with E-state index in [-0.39, 0.29) is 5.15 Å². The van der Waals surface area contributed by atoms with Gasteiger partial charge in [0.15, 0.2) is 10.8 Å². The Hall–Kier alpha value is -1.23. The van der Waals surface area contributed by atoms with E-state index >= 15 is 0 Å². The third kappa shape index (κ3) is 2.62. The number of aromatic nitrogens is 1. The van der Waals surface area contributed by atoms with Gasteiger partial charge >= 0.3 is 0 Å². The van der Waals surface area contributed by atoms with Gasteiger partial charge in [0.25, 0.3) is 5.19 Å². The second-order valence-corrected chi connectivity index (χ2v) is 4.36. The molecule has 3 nitrogen and oxygen atoms in total. The van der Waals surface area contributed by atoms with Crippen molar-refractivity contribution in [3.63, 3.8) is 0 Å². The van der Waals surface area contributed by atoms with Crippen molar-refractivity contribution in [1.29, 1.82) is 5.26 Å². The summed E-state index contributed by atoms with van der Waals surface area (Å²) < 4.78 is 5.50. The third-order valence-electron chi connectivity index (χ3n) is 1.96. The van der Waals surface area contributed by atoms with Crippen LogP contribution in [0, 0.1) is 23.7 Å². The number of nitrogens with zero attached hydrogens (tertiary/aromatic N) is 2. The normalized spacial score (nSPS) is 13.7. The number of hydrogen-bond donors (Lipinski definition) is 0. The average molecular weight is 241 g/mol. The van der Waals surface area contributed by atoms with E-state index in [9.17, 15) is 0 Å². The van der Waals surface area contributed by atoms with Gasteiger partial charge in [-0.2, -0.15) is 10.2 Å². The van der Waals surface area contributed by atoms with Crippen molar-refractivity contribution in [2.24, 2.45) is 0 Å². The fraction of sp³-hybridized carbons (Fsp3) is 0.400. The summed E-state index contributed by atoms with van der Waals surface area (Å²) in [5, 5.41) is 9.18. The Bertz CT molecular complexity index is 443. The minimum Gasteiger partial charge on any atom is -0.450 e. The monoisotopic (exact) mass is 240 g/mol. The molecule has 1 aromatic heterocycles. The highest BCUT2D eigenvalue weighted by atomic mass is 35.5. The molecule has 78 valence electrons. The zero-order valence-corrected chi connectivity index (χ0v) is 9.95. The quantitative estimate of drug-likeness (QED) is 0.764. The largest absolute Gasteiger partial charge is 0.450 e. The third-order valence-corrected chi connectivity index (χ3v) is 3.18. The Labute approximate surface area is 97.7 Å². The van der Waals surface area contributed by atoms with Crippen LogP contribution in [0.25, 0.3) is 0 Å². The lowest BCUT2D eigenvalue weighted by Crippen LogP contribution is -2.29. The molecule has 1 unspecified atom stereocenters. The second kappa shape index (κ2) is 4.53. The molecule has 0 saturated carbocycles. The molecule has 15 heavy (non-hydrogen) atoms. The highest BCUT2D eigenvalue weighted by molar-refractivity contribution is 7.14. The molecule has 0 aromatic carbocycles. The van der Waals surface area contributed by atoms with E-state index in [4.69, 9.17) is 28.0 Å². The van der Waals surface area contributed by atoms with E-state index in [0.29, 0.717) is 16.5 Å². The van der Waals surface area contributed by atoms with Crippen molar-refractivity contribution in [3.8, 4) is 23.6 Å². The van der Waals surface area contributed by atoms with Gasteiger partial charge in [-0.3, -0.25) is 0 Å². The summed E-state index contributed by atoms with van der Waals surface area (Å²) in [5.74, 6) is 2.54. The SMILES string of the molecule is C#CC(C)(CC)Oc1nc(Cl)c(C#N)s1. The van der Waals surface area contributed by atoms with E-state index in [1.165, 1.54) is 0 Å². The Morgan fingerprint density at radius 3 is 2.80 bits per heavy atom.